The number of nitriles is 1. The lowest BCUT2D eigenvalue weighted by Crippen LogP contribution is -2.21. The molecule has 0 aliphatic heterocycles. The number of ether oxygens (including phenoxy) is 1. The van der Waals surface area contributed by atoms with Crippen molar-refractivity contribution >= 4 is 23.3 Å². The number of nitro benzene ring substituents is 1. The Bertz CT molecular complexity index is 842. The van der Waals surface area contributed by atoms with Gasteiger partial charge in [-0.2, -0.15) is 5.26 Å². The number of amides is 1. The normalized spacial score (nSPS) is 9.62. The number of non-ortho nitro benzene ring substituents is 1. The van der Waals surface area contributed by atoms with Crippen molar-refractivity contribution in [3.8, 4) is 6.07 Å². The number of carbonyl (C=O) groups is 2. The molecule has 0 heterocycles. The van der Waals surface area contributed by atoms with Crippen LogP contribution in [0.4, 0.5) is 11.4 Å². The minimum Gasteiger partial charge on any atom is -0.452 e. The van der Waals surface area contributed by atoms with Crippen molar-refractivity contribution in [1.29, 1.82) is 5.26 Å². The van der Waals surface area contributed by atoms with Crippen molar-refractivity contribution in [2.75, 3.05) is 11.9 Å². The van der Waals surface area contributed by atoms with E-state index >= 15 is 0 Å². The van der Waals surface area contributed by atoms with Crippen LogP contribution in [0.2, 0.25) is 0 Å². The van der Waals surface area contributed by atoms with Gasteiger partial charge in [0.15, 0.2) is 6.61 Å². The molecule has 8 heteroatoms. The van der Waals surface area contributed by atoms with Gasteiger partial charge in [-0.3, -0.25) is 14.9 Å². The van der Waals surface area contributed by atoms with Crippen LogP contribution in [0.25, 0.3) is 0 Å². The summed E-state index contributed by atoms with van der Waals surface area (Å²) in [7, 11) is 0. The third-order valence-electron chi connectivity index (χ3n) is 2.90. The standard InChI is InChI=1S/C16H11N3O5/c17-9-11-3-1-5-13(7-11)18-15(20)10-24-16(21)12-4-2-6-14(8-12)19(22)23/h1-8H,10H2,(H,18,20). The number of carbonyl (C=O) groups excluding carboxylic acids is 2. The highest BCUT2D eigenvalue weighted by molar-refractivity contribution is 5.95. The molecule has 0 radical (unpaired) electrons. The van der Waals surface area contributed by atoms with Crippen LogP contribution in [-0.2, 0) is 9.53 Å². The highest BCUT2D eigenvalue weighted by Crippen LogP contribution is 2.14. The van der Waals surface area contributed by atoms with Gasteiger partial charge in [0.05, 0.1) is 22.1 Å². The summed E-state index contributed by atoms with van der Waals surface area (Å²) in [5.74, 6) is -1.44. The summed E-state index contributed by atoms with van der Waals surface area (Å²) >= 11 is 0. The molecule has 0 bridgehead atoms. The molecular weight excluding hydrogens is 314 g/mol. The number of esters is 1. The molecule has 0 aliphatic rings. The van der Waals surface area contributed by atoms with Gasteiger partial charge in [-0.25, -0.2) is 4.79 Å². The van der Waals surface area contributed by atoms with E-state index in [9.17, 15) is 19.7 Å². The summed E-state index contributed by atoms with van der Waals surface area (Å²) < 4.78 is 4.81. The van der Waals surface area contributed by atoms with Crippen LogP contribution in [-0.4, -0.2) is 23.4 Å². The lowest BCUT2D eigenvalue weighted by Gasteiger charge is -2.07. The van der Waals surface area contributed by atoms with Crippen LogP contribution < -0.4 is 5.32 Å². The summed E-state index contributed by atoms with van der Waals surface area (Å²) in [5, 5.41) is 21.9. The van der Waals surface area contributed by atoms with Gasteiger partial charge in [0.2, 0.25) is 0 Å². The van der Waals surface area contributed by atoms with E-state index in [-0.39, 0.29) is 11.3 Å². The molecule has 0 saturated heterocycles. The van der Waals surface area contributed by atoms with E-state index in [1.807, 2.05) is 6.07 Å². The Morgan fingerprint density at radius 3 is 2.67 bits per heavy atom. The first kappa shape index (κ1) is 16.6. The van der Waals surface area contributed by atoms with Crippen molar-refractivity contribution in [2.24, 2.45) is 0 Å². The van der Waals surface area contributed by atoms with E-state index in [0.29, 0.717) is 11.3 Å². The topological polar surface area (TPSA) is 122 Å². The van der Waals surface area contributed by atoms with E-state index in [1.165, 1.54) is 24.3 Å². The quantitative estimate of drug-likeness (QED) is 0.511. The van der Waals surface area contributed by atoms with Gasteiger partial charge in [-0.1, -0.05) is 12.1 Å². The molecule has 0 aliphatic carbocycles. The third-order valence-corrected chi connectivity index (χ3v) is 2.90. The second-order valence-electron chi connectivity index (χ2n) is 4.62. The first-order chi connectivity index (χ1) is 11.5. The molecular formula is C16H11N3O5. The largest absolute Gasteiger partial charge is 0.452 e. The van der Waals surface area contributed by atoms with E-state index in [4.69, 9.17) is 10.00 Å². The molecule has 1 amide bonds. The molecule has 2 aromatic carbocycles. The van der Waals surface area contributed by atoms with Gasteiger partial charge in [0.25, 0.3) is 11.6 Å². The van der Waals surface area contributed by atoms with Crippen LogP contribution in [0.1, 0.15) is 15.9 Å². The van der Waals surface area contributed by atoms with E-state index in [1.54, 1.807) is 18.2 Å². The molecule has 0 atom stereocenters. The predicted molar refractivity (Wildman–Crippen MR) is 83.2 cm³/mol. The smallest absolute Gasteiger partial charge is 0.338 e. The summed E-state index contributed by atoms with van der Waals surface area (Å²) in [4.78, 5) is 33.6. The zero-order valence-electron chi connectivity index (χ0n) is 12.3. The van der Waals surface area contributed by atoms with Crippen LogP contribution >= 0.6 is 0 Å². The van der Waals surface area contributed by atoms with Crippen molar-refractivity contribution in [3.05, 3.63) is 69.8 Å². The Hall–Kier alpha value is -3.73. The number of benzene rings is 2. The molecule has 0 saturated carbocycles. The Labute approximate surface area is 136 Å². The molecule has 0 aromatic heterocycles. The second kappa shape index (κ2) is 7.51. The number of hydrogen-bond donors (Lipinski definition) is 1. The van der Waals surface area contributed by atoms with Crippen LogP contribution in [0.3, 0.4) is 0 Å². The van der Waals surface area contributed by atoms with Crippen molar-refractivity contribution in [2.45, 2.75) is 0 Å². The van der Waals surface area contributed by atoms with Gasteiger partial charge in [0.1, 0.15) is 0 Å². The lowest BCUT2D eigenvalue weighted by molar-refractivity contribution is -0.384. The summed E-state index contributed by atoms with van der Waals surface area (Å²) in [5.41, 5.74) is 0.498. The van der Waals surface area contributed by atoms with Crippen LogP contribution in [0.5, 0.6) is 0 Å². The molecule has 120 valence electrons. The minimum atomic E-state index is -0.848. The van der Waals surface area contributed by atoms with Crippen molar-refractivity contribution in [1.82, 2.24) is 0 Å². The zero-order valence-corrected chi connectivity index (χ0v) is 12.3. The summed E-state index contributed by atoms with van der Waals surface area (Å²) in [6.45, 7) is -0.557. The first-order valence-electron chi connectivity index (χ1n) is 6.71. The molecule has 2 rings (SSSR count). The fraction of sp³-hybridized carbons (Fsp3) is 0.0625. The van der Waals surface area contributed by atoms with Gasteiger partial charge < -0.3 is 10.1 Å². The Kier molecular flexibility index (Phi) is 5.20. The average Bonchev–Trinajstić information content (AvgIpc) is 2.60. The highest BCUT2D eigenvalue weighted by atomic mass is 16.6. The zero-order chi connectivity index (χ0) is 17.5. The lowest BCUT2D eigenvalue weighted by atomic mass is 10.2. The van der Waals surface area contributed by atoms with Crippen LogP contribution in [0.15, 0.2) is 48.5 Å². The second-order valence-corrected chi connectivity index (χ2v) is 4.62. The monoisotopic (exact) mass is 325 g/mol. The summed E-state index contributed by atoms with van der Waals surface area (Å²) in [6.07, 6.45) is 0. The van der Waals surface area contributed by atoms with E-state index in [0.717, 1.165) is 6.07 Å². The van der Waals surface area contributed by atoms with Crippen molar-refractivity contribution in [3.63, 3.8) is 0 Å². The molecule has 1 N–H and O–H groups in total. The van der Waals surface area contributed by atoms with Crippen molar-refractivity contribution < 1.29 is 19.2 Å². The maximum atomic E-state index is 11.8. The minimum absolute atomic E-state index is 0.0246. The van der Waals surface area contributed by atoms with E-state index in [2.05, 4.69) is 5.32 Å². The maximum absolute atomic E-state index is 11.8. The Morgan fingerprint density at radius 1 is 1.21 bits per heavy atom. The Balaban J connectivity index is 1.94. The number of nitrogens with one attached hydrogen (secondary N) is 1. The number of nitrogens with zero attached hydrogens (tertiary/aromatic N) is 2. The van der Waals surface area contributed by atoms with E-state index < -0.39 is 23.4 Å². The fourth-order valence-electron chi connectivity index (χ4n) is 1.82. The molecule has 0 fully saturated rings. The first-order valence-corrected chi connectivity index (χ1v) is 6.71. The highest BCUT2D eigenvalue weighted by Gasteiger charge is 2.14. The summed E-state index contributed by atoms with van der Waals surface area (Å²) in [6, 6.07) is 13.2. The molecule has 24 heavy (non-hydrogen) atoms. The fourth-order valence-corrected chi connectivity index (χ4v) is 1.82. The SMILES string of the molecule is N#Cc1cccc(NC(=O)COC(=O)c2cccc([N+](=O)[O-])c2)c1. The number of rotatable bonds is 5. The van der Waals surface area contributed by atoms with Gasteiger partial charge in [0, 0.05) is 17.8 Å². The van der Waals surface area contributed by atoms with Gasteiger partial charge in [-0.15, -0.1) is 0 Å². The Morgan fingerprint density at radius 2 is 1.96 bits per heavy atom. The molecule has 0 spiro atoms. The van der Waals surface area contributed by atoms with Crippen LogP contribution in [0, 0.1) is 21.4 Å². The van der Waals surface area contributed by atoms with Gasteiger partial charge >= 0.3 is 5.97 Å². The number of hydrogen-bond acceptors (Lipinski definition) is 6. The number of nitro groups is 1. The molecule has 2 aromatic rings. The number of anilines is 1. The molecule has 0 unspecified atom stereocenters. The predicted octanol–water partition coefficient (Wildman–Crippen LogP) is 2.26. The van der Waals surface area contributed by atoms with Gasteiger partial charge in [-0.05, 0) is 24.3 Å². The average molecular weight is 325 g/mol. The molecule has 8 nitrogen and oxygen atoms in total. The maximum Gasteiger partial charge on any atom is 0.338 e. The third kappa shape index (κ3) is 4.38.